The molecular formula is C20H26N2OSSi. The van der Waals surface area contributed by atoms with Crippen molar-refractivity contribution in [2.24, 2.45) is 0 Å². The molecule has 3 aromatic rings. The average Bonchev–Trinajstić information content (AvgIpc) is 3.01. The normalized spacial score (nSPS) is 12.0. The Morgan fingerprint density at radius 1 is 1.04 bits per heavy atom. The molecule has 0 aliphatic rings. The van der Waals surface area contributed by atoms with E-state index in [0.717, 1.165) is 17.9 Å². The van der Waals surface area contributed by atoms with Gasteiger partial charge in [0.1, 0.15) is 6.73 Å². The van der Waals surface area contributed by atoms with E-state index in [1.165, 1.54) is 21.9 Å². The van der Waals surface area contributed by atoms with E-state index in [1.807, 2.05) is 22.6 Å². The first kappa shape index (κ1) is 18.2. The SMILES string of the molecule is C[Si](C)(C)CCOCn1ncc2c(CSc3ccccc3)cccc21. The van der Waals surface area contributed by atoms with E-state index in [4.69, 9.17) is 4.74 Å². The predicted molar refractivity (Wildman–Crippen MR) is 110 cm³/mol. The third kappa shape index (κ3) is 5.20. The third-order valence-corrected chi connectivity index (χ3v) is 6.89. The van der Waals surface area contributed by atoms with Crippen molar-refractivity contribution in [2.75, 3.05) is 6.61 Å². The number of fused-ring (bicyclic) bond motifs is 1. The number of rotatable bonds is 8. The van der Waals surface area contributed by atoms with Crippen LogP contribution in [0.25, 0.3) is 10.9 Å². The van der Waals surface area contributed by atoms with E-state index < -0.39 is 8.07 Å². The Hall–Kier alpha value is -1.56. The summed E-state index contributed by atoms with van der Waals surface area (Å²) in [6.07, 6.45) is 1.97. The van der Waals surface area contributed by atoms with E-state index in [9.17, 15) is 0 Å². The highest BCUT2D eigenvalue weighted by Gasteiger charge is 2.12. The predicted octanol–water partition coefficient (Wildman–Crippen LogP) is 5.64. The quantitative estimate of drug-likeness (QED) is 0.292. The summed E-state index contributed by atoms with van der Waals surface area (Å²) in [5.41, 5.74) is 2.47. The van der Waals surface area contributed by atoms with Crippen LogP contribution in [0.1, 0.15) is 5.56 Å². The summed E-state index contributed by atoms with van der Waals surface area (Å²) in [6.45, 7) is 8.47. The van der Waals surface area contributed by atoms with Gasteiger partial charge in [0.2, 0.25) is 0 Å². The summed E-state index contributed by atoms with van der Waals surface area (Å²) >= 11 is 1.86. The topological polar surface area (TPSA) is 27.1 Å². The molecule has 0 saturated carbocycles. The molecule has 3 rings (SSSR count). The zero-order valence-corrected chi connectivity index (χ0v) is 17.1. The van der Waals surface area contributed by atoms with Gasteiger partial charge in [-0.3, -0.25) is 0 Å². The van der Waals surface area contributed by atoms with Crippen LogP contribution in [0.2, 0.25) is 25.7 Å². The van der Waals surface area contributed by atoms with Gasteiger partial charge in [-0.05, 0) is 29.8 Å². The number of benzene rings is 2. The Labute approximate surface area is 155 Å². The first-order chi connectivity index (χ1) is 12.0. The molecule has 1 heterocycles. The standard InChI is InChI=1S/C20H26N2OSSi/c1-25(2,3)13-12-23-16-22-20-11-7-8-17(19(20)14-21-22)15-24-18-9-5-4-6-10-18/h4-11,14H,12-13,15-16H2,1-3H3. The molecule has 0 unspecified atom stereocenters. The molecule has 132 valence electrons. The number of hydrogen-bond donors (Lipinski definition) is 0. The molecule has 5 heteroatoms. The fourth-order valence-corrected chi connectivity index (χ4v) is 4.28. The van der Waals surface area contributed by atoms with Gasteiger partial charge in [0.05, 0.1) is 11.7 Å². The molecule has 0 fully saturated rings. The van der Waals surface area contributed by atoms with Gasteiger partial charge in [0, 0.05) is 30.7 Å². The highest BCUT2D eigenvalue weighted by Crippen LogP contribution is 2.27. The molecule has 0 spiro atoms. The summed E-state index contributed by atoms with van der Waals surface area (Å²) < 4.78 is 7.83. The molecule has 25 heavy (non-hydrogen) atoms. The largest absolute Gasteiger partial charge is 0.360 e. The van der Waals surface area contributed by atoms with Crippen LogP contribution in [-0.2, 0) is 17.2 Å². The summed E-state index contributed by atoms with van der Waals surface area (Å²) in [5.74, 6) is 0.948. The second kappa shape index (κ2) is 8.21. The van der Waals surface area contributed by atoms with Gasteiger partial charge >= 0.3 is 0 Å². The van der Waals surface area contributed by atoms with Crippen LogP contribution in [0.5, 0.6) is 0 Å². The first-order valence-corrected chi connectivity index (χ1v) is 13.4. The fraction of sp³-hybridized carbons (Fsp3) is 0.350. The van der Waals surface area contributed by atoms with Crippen LogP contribution in [0, 0.1) is 0 Å². The molecule has 0 radical (unpaired) electrons. The fourth-order valence-electron chi connectivity index (χ4n) is 2.60. The molecule has 1 aromatic heterocycles. The minimum Gasteiger partial charge on any atom is -0.360 e. The van der Waals surface area contributed by atoms with E-state index in [0.29, 0.717) is 6.73 Å². The molecule has 0 aliphatic carbocycles. The molecule has 0 amide bonds. The monoisotopic (exact) mass is 370 g/mol. The lowest BCUT2D eigenvalue weighted by atomic mass is 10.1. The van der Waals surface area contributed by atoms with Gasteiger partial charge in [-0.25, -0.2) is 4.68 Å². The van der Waals surface area contributed by atoms with Crippen molar-refractivity contribution in [2.45, 2.75) is 43.1 Å². The van der Waals surface area contributed by atoms with Gasteiger partial charge in [-0.15, -0.1) is 11.8 Å². The highest BCUT2D eigenvalue weighted by molar-refractivity contribution is 7.98. The van der Waals surface area contributed by atoms with Crippen LogP contribution < -0.4 is 0 Å². The van der Waals surface area contributed by atoms with Crippen molar-refractivity contribution in [1.82, 2.24) is 9.78 Å². The molecule has 0 N–H and O–H groups in total. The molecule has 3 nitrogen and oxygen atoms in total. The maximum atomic E-state index is 5.86. The maximum Gasteiger partial charge on any atom is 0.139 e. The molecule has 0 atom stereocenters. The molecule has 0 aliphatic heterocycles. The number of thioether (sulfide) groups is 1. The Bertz CT molecular complexity index is 811. The minimum absolute atomic E-state index is 0.531. The summed E-state index contributed by atoms with van der Waals surface area (Å²) in [6, 6.07) is 18.1. The van der Waals surface area contributed by atoms with Crippen molar-refractivity contribution >= 4 is 30.7 Å². The minimum atomic E-state index is -1.04. The van der Waals surface area contributed by atoms with Gasteiger partial charge in [-0.2, -0.15) is 5.10 Å². The van der Waals surface area contributed by atoms with Crippen LogP contribution in [0.15, 0.2) is 59.6 Å². The van der Waals surface area contributed by atoms with Crippen molar-refractivity contribution in [3.63, 3.8) is 0 Å². The van der Waals surface area contributed by atoms with Gasteiger partial charge in [0.25, 0.3) is 0 Å². The number of nitrogens with zero attached hydrogens (tertiary/aromatic N) is 2. The number of aromatic nitrogens is 2. The lowest BCUT2D eigenvalue weighted by Crippen LogP contribution is -2.22. The van der Waals surface area contributed by atoms with E-state index >= 15 is 0 Å². The Morgan fingerprint density at radius 3 is 2.60 bits per heavy atom. The Kier molecular flexibility index (Phi) is 5.99. The van der Waals surface area contributed by atoms with E-state index in [1.54, 1.807) is 0 Å². The van der Waals surface area contributed by atoms with E-state index in [2.05, 4.69) is 73.3 Å². The summed E-state index contributed by atoms with van der Waals surface area (Å²) in [5, 5.41) is 5.76. The lowest BCUT2D eigenvalue weighted by molar-refractivity contribution is 0.0817. The molecule has 0 saturated heterocycles. The van der Waals surface area contributed by atoms with Crippen LogP contribution in [0.3, 0.4) is 0 Å². The molecule has 0 bridgehead atoms. The number of ether oxygens (including phenoxy) is 1. The summed E-state index contributed by atoms with van der Waals surface area (Å²) in [7, 11) is -1.04. The van der Waals surface area contributed by atoms with Crippen molar-refractivity contribution in [1.29, 1.82) is 0 Å². The number of hydrogen-bond acceptors (Lipinski definition) is 3. The average molecular weight is 371 g/mol. The van der Waals surface area contributed by atoms with Crippen molar-refractivity contribution in [3.8, 4) is 0 Å². The summed E-state index contributed by atoms with van der Waals surface area (Å²) in [4.78, 5) is 1.29. The highest BCUT2D eigenvalue weighted by atomic mass is 32.2. The van der Waals surface area contributed by atoms with Gasteiger partial charge < -0.3 is 4.74 Å². The molecular weight excluding hydrogens is 344 g/mol. The molecule has 2 aromatic carbocycles. The van der Waals surface area contributed by atoms with E-state index in [-0.39, 0.29) is 0 Å². The zero-order valence-electron chi connectivity index (χ0n) is 15.2. The second-order valence-electron chi connectivity index (χ2n) is 7.44. The second-order valence-corrected chi connectivity index (χ2v) is 14.1. The Balaban J connectivity index is 1.65. The van der Waals surface area contributed by atoms with Crippen molar-refractivity contribution < 1.29 is 4.74 Å². The lowest BCUT2D eigenvalue weighted by Gasteiger charge is -2.15. The van der Waals surface area contributed by atoms with Gasteiger partial charge in [0.15, 0.2) is 0 Å². The van der Waals surface area contributed by atoms with Crippen LogP contribution >= 0.6 is 11.8 Å². The first-order valence-electron chi connectivity index (χ1n) is 8.72. The Morgan fingerprint density at radius 2 is 1.84 bits per heavy atom. The maximum absolute atomic E-state index is 5.86. The smallest absolute Gasteiger partial charge is 0.139 e. The third-order valence-electron chi connectivity index (χ3n) is 4.13. The zero-order chi connectivity index (χ0) is 17.7. The van der Waals surface area contributed by atoms with Crippen LogP contribution in [-0.4, -0.2) is 24.5 Å². The van der Waals surface area contributed by atoms with Crippen LogP contribution in [0.4, 0.5) is 0 Å². The van der Waals surface area contributed by atoms with Gasteiger partial charge in [-0.1, -0.05) is 50.0 Å². The van der Waals surface area contributed by atoms with Crippen molar-refractivity contribution in [3.05, 3.63) is 60.3 Å².